The van der Waals surface area contributed by atoms with Crippen LogP contribution in [0.1, 0.15) is 24.6 Å². The van der Waals surface area contributed by atoms with Gasteiger partial charge >= 0.3 is 0 Å². The summed E-state index contributed by atoms with van der Waals surface area (Å²) in [6, 6.07) is 0.450. The number of methoxy groups -OCH3 is 1. The molecule has 1 saturated heterocycles. The Hall–Kier alpha value is -0.910. The quantitative estimate of drug-likeness (QED) is 0.752. The van der Waals surface area contributed by atoms with Crippen LogP contribution in [0.4, 0.5) is 0 Å². The van der Waals surface area contributed by atoms with Crippen molar-refractivity contribution in [3.8, 4) is 0 Å². The number of hydrogen-bond donors (Lipinski definition) is 1. The first kappa shape index (κ1) is 12.5. The van der Waals surface area contributed by atoms with Gasteiger partial charge in [-0.1, -0.05) is 0 Å². The van der Waals surface area contributed by atoms with Crippen LogP contribution in [0.15, 0.2) is 12.5 Å². The molecule has 1 aromatic heterocycles. The first-order valence-electron chi connectivity index (χ1n) is 6.20. The van der Waals surface area contributed by atoms with Gasteiger partial charge in [0.2, 0.25) is 0 Å². The zero-order valence-corrected chi connectivity index (χ0v) is 10.4. The first-order valence-corrected chi connectivity index (χ1v) is 6.20. The van der Waals surface area contributed by atoms with Gasteiger partial charge in [0, 0.05) is 33.0 Å². The SMILES string of the molecule is COCCNCc1cncn1C1CCCOC1. The van der Waals surface area contributed by atoms with Crippen molar-refractivity contribution >= 4 is 0 Å². The molecule has 0 bridgehead atoms. The number of aromatic nitrogens is 2. The molecule has 17 heavy (non-hydrogen) atoms. The molecule has 0 saturated carbocycles. The molecule has 5 nitrogen and oxygen atoms in total. The average Bonchev–Trinajstić information content (AvgIpc) is 2.84. The Labute approximate surface area is 102 Å². The van der Waals surface area contributed by atoms with E-state index < -0.39 is 0 Å². The lowest BCUT2D eigenvalue weighted by Crippen LogP contribution is -2.25. The summed E-state index contributed by atoms with van der Waals surface area (Å²) in [6.45, 7) is 4.14. The van der Waals surface area contributed by atoms with Crippen molar-refractivity contribution in [2.75, 3.05) is 33.5 Å². The van der Waals surface area contributed by atoms with Crippen LogP contribution in [0.2, 0.25) is 0 Å². The molecule has 0 radical (unpaired) electrons. The number of nitrogens with zero attached hydrogens (tertiary/aromatic N) is 2. The molecule has 0 amide bonds. The summed E-state index contributed by atoms with van der Waals surface area (Å²) >= 11 is 0. The zero-order chi connectivity index (χ0) is 11.9. The molecule has 2 heterocycles. The lowest BCUT2D eigenvalue weighted by atomic mass is 10.1. The van der Waals surface area contributed by atoms with Crippen LogP contribution in [0.3, 0.4) is 0 Å². The Morgan fingerprint density at radius 2 is 2.59 bits per heavy atom. The second-order valence-corrected chi connectivity index (χ2v) is 4.33. The number of ether oxygens (including phenoxy) is 2. The third-order valence-corrected chi connectivity index (χ3v) is 3.07. The van der Waals surface area contributed by atoms with E-state index in [1.54, 1.807) is 7.11 Å². The highest BCUT2D eigenvalue weighted by Gasteiger charge is 2.17. The van der Waals surface area contributed by atoms with E-state index in [1.165, 1.54) is 12.1 Å². The van der Waals surface area contributed by atoms with Crippen molar-refractivity contribution in [1.29, 1.82) is 0 Å². The smallest absolute Gasteiger partial charge is 0.0952 e. The summed E-state index contributed by atoms with van der Waals surface area (Å²) in [5, 5.41) is 3.34. The van der Waals surface area contributed by atoms with Crippen molar-refractivity contribution in [3.05, 3.63) is 18.2 Å². The first-order chi connectivity index (χ1) is 8.42. The topological polar surface area (TPSA) is 48.3 Å². The van der Waals surface area contributed by atoms with Gasteiger partial charge in [0.05, 0.1) is 31.3 Å². The summed E-state index contributed by atoms with van der Waals surface area (Å²) < 4.78 is 12.8. The second-order valence-electron chi connectivity index (χ2n) is 4.33. The zero-order valence-electron chi connectivity index (χ0n) is 10.4. The van der Waals surface area contributed by atoms with Gasteiger partial charge in [-0.3, -0.25) is 0 Å². The minimum atomic E-state index is 0.450. The highest BCUT2D eigenvalue weighted by molar-refractivity contribution is 5.00. The molecule has 96 valence electrons. The Morgan fingerprint density at radius 1 is 1.65 bits per heavy atom. The molecule has 1 aliphatic rings. The summed E-state index contributed by atoms with van der Waals surface area (Å²) in [4.78, 5) is 4.23. The Bertz CT molecular complexity index is 321. The molecule has 1 unspecified atom stereocenters. The maximum absolute atomic E-state index is 5.51. The lowest BCUT2D eigenvalue weighted by Gasteiger charge is -2.25. The number of nitrogens with one attached hydrogen (secondary N) is 1. The highest BCUT2D eigenvalue weighted by Crippen LogP contribution is 2.20. The predicted octanol–water partition coefficient (Wildman–Crippen LogP) is 0.971. The van der Waals surface area contributed by atoms with E-state index in [-0.39, 0.29) is 0 Å². The van der Waals surface area contributed by atoms with Gasteiger partial charge < -0.3 is 19.4 Å². The molecule has 0 aliphatic carbocycles. The molecule has 1 atom stereocenters. The van der Waals surface area contributed by atoms with Gasteiger partial charge in [-0.15, -0.1) is 0 Å². The monoisotopic (exact) mass is 239 g/mol. The molecule has 1 fully saturated rings. The van der Waals surface area contributed by atoms with Crippen LogP contribution in [0.5, 0.6) is 0 Å². The minimum absolute atomic E-state index is 0.450. The predicted molar refractivity (Wildman–Crippen MR) is 64.9 cm³/mol. The lowest BCUT2D eigenvalue weighted by molar-refractivity contribution is 0.0581. The van der Waals surface area contributed by atoms with Crippen LogP contribution >= 0.6 is 0 Å². The van der Waals surface area contributed by atoms with Crippen LogP contribution in [-0.2, 0) is 16.0 Å². The van der Waals surface area contributed by atoms with Gasteiger partial charge in [-0.25, -0.2) is 4.98 Å². The second kappa shape index (κ2) is 6.74. The largest absolute Gasteiger partial charge is 0.383 e. The van der Waals surface area contributed by atoms with Crippen molar-refractivity contribution < 1.29 is 9.47 Å². The van der Waals surface area contributed by atoms with Crippen molar-refractivity contribution in [3.63, 3.8) is 0 Å². The molecular weight excluding hydrogens is 218 g/mol. The van der Waals surface area contributed by atoms with Crippen LogP contribution in [0.25, 0.3) is 0 Å². The maximum atomic E-state index is 5.51. The number of rotatable bonds is 6. The summed E-state index contributed by atoms with van der Waals surface area (Å²) in [5.41, 5.74) is 1.22. The van der Waals surface area contributed by atoms with Gasteiger partial charge in [0.1, 0.15) is 0 Å². The summed E-state index contributed by atoms with van der Waals surface area (Å²) in [5.74, 6) is 0. The van der Waals surface area contributed by atoms with E-state index >= 15 is 0 Å². The molecular formula is C12H21N3O2. The summed E-state index contributed by atoms with van der Waals surface area (Å²) in [7, 11) is 1.71. The van der Waals surface area contributed by atoms with Gasteiger partial charge in [0.25, 0.3) is 0 Å². The fourth-order valence-corrected chi connectivity index (χ4v) is 2.13. The Kier molecular flexibility index (Phi) is 4.97. The fraction of sp³-hybridized carbons (Fsp3) is 0.750. The highest BCUT2D eigenvalue weighted by atomic mass is 16.5. The van der Waals surface area contributed by atoms with E-state index in [0.717, 1.165) is 39.3 Å². The number of imidazole rings is 1. The van der Waals surface area contributed by atoms with Gasteiger partial charge in [0.15, 0.2) is 0 Å². The third-order valence-electron chi connectivity index (χ3n) is 3.07. The molecule has 1 aliphatic heterocycles. The van der Waals surface area contributed by atoms with Crippen molar-refractivity contribution in [1.82, 2.24) is 14.9 Å². The molecule has 0 aromatic carbocycles. The van der Waals surface area contributed by atoms with E-state index in [0.29, 0.717) is 6.04 Å². The molecule has 0 spiro atoms. The summed E-state index contributed by atoms with van der Waals surface area (Å²) in [6.07, 6.45) is 6.15. The van der Waals surface area contributed by atoms with E-state index in [1.807, 2.05) is 12.5 Å². The van der Waals surface area contributed by atoms with Crippen LogP contribution < -0.4 is 5.32 Å². The van der Waals surface area contributed by atoms with Crippen LogP contribution in [0, 0.1) is 0 Å². The van der Waals surface area contributed by atoms with Crippen LogP contribution in [-0.4, -0.2) is 43.0 Å². The van der Waals surface area contributed by atoms with E-state index in [2.05, 4.69) is 14.9 Å². The van der Waals surface area contributed by atoms with Gasteiger partial charge in [-0.05, 0) is 12.8 Å². The van der Waals surface area contributed by atoms with E-state index in [9.17, 15) is 0 Å². The fourth-order valence-electron chi connectivity index (χ4n) is 2.13. The van der Waals surface area contributed by atoms with Gasteiger partial charge in [-0.2, -0.15) is 0 Å². The van der Waals surface area contributed by atoms with Crippen molar-refractivity contribution in [2.45, 2.75) is 25.4 Å². The molecule has 1 aromatic rings. The van der Waals surface area contributed by atoms with Crippen molar-refractivity contribution in [2.24, 2.45) is 0 Å². The maximum Gasteiger partial charge on any atom is 0.0952 e. The minimum Gasteiger partial charge on any atom is -0.383 e. The Morgan fingerprint density at radius 3 is 3.35 bits per heavy atom. The normalized spacial score (nSPS) is 20.6. The Balaban J connectivity index is 1.87. The average molecular weight is 239 g/mol. The standard InChI is InChI=1S/C12H21N3O2/c1-16-6-4-13-7-12-8-14-10-15(12)11-3-2-5-17-9-11/h8,10-11,13H,2-7,9H2,1H3. The molecule has 2 rings (SSSR count). The van der Waals surface area contributed by atoms with E-state index in [4.69, 9.17) is 9.47 Å². The molecule has 5 heteroatoms. The molecule has 1 N–H and O–H groups in total. The third kappa shape index (κ3) is 3.52. The number of hydrogen-bond acceptors (Lipinski definition) is 4.